The lowest BCUT2D eigenvalue weighted by Crippen LogP contribution is -2.49. The van der Waals surface area contributed by atoms with E-state index in [0.717, 1.165) is 28.9 Å². The first kappa shape index (κ1) is 15.0. The molecule has 0 N–H and O–H groups in total. The van der Waals surface area contributed by atoms with Crippen molar-refractivity contribution in [2.24, 2.45) is 0 Å². The minimum atomic E-state index is -0.294. The number of ketones is 1. The molecule has 0 aliphatic carbocycles. The molecule has 0 radical (unpaired) electrons. The van der Waals surface area contributed by atoms with Crippen molar-refractivity contribution < 1.29 is 14.3 Å². The molecule has 21 heavy (non-hydrogen) atoms. The Morgan fingerprint density at radius 1 is 1.52 bits per heavy atom. The second kappa shape index (κ2) is 6.46. The van der Waals surface area contributed by atoms with Crippen molar-refractivity contribution in [2.45, 2.75) is 31.4 Å². The van der Waals surface area contributed by atoms with Crippen molar-refractivity contribution in [3.05, 3.63) is 28.2 Å². The van der Waals surface area contributed by atoms with Crippen molar-refractivity contribution in [2.75, 3.05) is 26.8 Å². The van der Waals surface area contributed by atoms with Crippen LogP contribution in [0.5, 0.6) is 5.75 Å². The first-order chi connectivity index (χ1) is 10.2. The summed E-state index contributed by atoms with van der Waals surface area (Å²) in [6.07, 6.45) is 2.50. The molecule has 114 valence electrons. The molecule has 2 aliphatic heterocycles. The number of benzene rings is 1. The number of fused-ring (bicyclic) bond motifs is 1. The highest BCUT2D eigenvalue weighted by Crippen LogP contribution is 2.26. The summed E-state index contributed by atoms with van der Waals surface area (Å²) in [5.74, 6) is 0.916. The Morgan fingerprint density at radius 2 is 2.38 bits per heavy atom. The van der Waals surface area contributed by atoms with E-state index in [2.05, 4.69) is 20.8 Å². The normalized spacial score (nSPS) is 25.6. The molecule has 0 aromatic heterocycles. The van der Waals surface area contributed by atoms with Crippen LogP contribution in [0.25, 0.3) is 0 Å². The fraction of sp³-hybridized carbons (Fsp3) is 0.562. The summed E-state index contributed by atoms with van der Waals surface area (Å²) in [7, 11) is 1.63. The third-order valence-corrected chi connectivity index (χ3v) is 5.14. The van der Waals surface area contributed by atoms with E-state index in [9.17, 15) is 4.79 Å². The number of nitrogens with zero attached hydrogens (tertiary/aromatic N) is 1. The van der Waals surface area contributed by atoms with Gasteiger partial charge < -0.3 is 9.47 Å². The van der Waals surface area contributed by atoms with E-state index in [1.807, 2.05) is 18.2 Å². The summed E-state index contributed by atoms with van der Waals surface area (Å²) in [6.45, 7) is 2.53. The molecule has 0 saturated carbocycles. The number of Topliss-reactive ketones (excluding diaryl/α,β-unsaturated/α-hetero) is 1. The molecule has 1 aromatic rings. The van der Waals surface area contributed by atoms with Crippen molar-refractivity contribution in [3.8, 4) is 5.75 Å². The van der Waals surface area contributed by atoms with E-state index < -0.39 is 0 Å². The summed E-state index contributed by atoms with van der Waals surface area (Å²) in [5, 5.41) is 0. The fourth-order valence-corrected chi connectivity index (χ4v) is 3.51. The summed E-state index contributed by atoms with van der Waals surface area (Å²) in [5.41, 5.74) is 0.950. The van der Waals surface area contributed by atoms with Gasteiger partial charge in [-0.3, -0.25) is 9.69 Å². The van der Waals surface area contributed by atoms with Gasteiger partial charge in [-0.05, 0) is 43.1 Å². The smallest absolute Gasteiger partial charge is 0.167 e. The lowest BCUT2D eigenvalue weighted by atomic mass is 10.0. The molecule has 5 heteroatoms. The molecule has 0 amide bonds. The van der Waals surface area contributed by atoms with Gasteiger partial charge in [-0.15, -0.1) is 0 Å². The lowest BCUT2D eigenvalue weighted by Gasteiger charge is -2.34. The van der Waals surface area contributed by atoms with E-state index >= 15 is 0 Å². The number of hydrogen-bond donors (Lipinski definition) is 0. The molecule has 2 unspecified atom stereocenters. The van der Waals surface area contributed by atoms with Crippen LogP contribution in [0, 0.1) is 0 Å². The molecule has 3 rings (SSSR count). The third-order valence-electron chi connectivity index (χ3n) is 4.37. The summed E-state index contributed by atoms with van der Waals surface area (Å²) < 4.78 is 11.9. The predicted octanol–water partition coefficient (Wildman–Crippen LogP) is 2.43. The Balaban J connectivity index is 1.66. The van der Waals surface area contributed by atoms with Gasteiger partial charge in [0.1, 0.15) is 11.9 Å². The van der Waals surface area contributed by atoms with Gasteiger partial charge in [0, 0.05) is 23.5 Å². The van der Waals surface area contributed by atoms with E-state index in [4.69, 9.17) is 9.47 Å². The molecular weight excluding hydrogens is 334 g/mol. The molecular formula is C16H20BrNO3. The highest BCUT2D eigenvalue weighted by atomic mass is 79.9. The molecule has 0 bridgehead atoms. The standard InChI is InChI=1S/C16H20BrNO3/c1-20-13-4-5-14(17)11(7-13)8-15(19)16-9-18-6-2-3-12(18)10-21-16/h4-5,7,12,16H,2-3,6,8-10H2,1H3. The number of rotatable bonds is 4. The van der Waals surface area contributed by atoms with Crippen LogP contribution in [-0.2, 0) is 16.0 Å². The van der Waals surface area contributed by atoms with Crippen LogP contribution in [0.2, 0.25) is 0 Å². The van der Waals surface area contributed by atoms with Crippen molar-refractivity contribution >= 4 is 21.7 Å². The largest absolute Gasteiger partial charge is 0.497 e. The van der Waals surface area contributed by atoms with Crippen LogP contribution in [0.1, 0.15) is 18.4 Å². The maximum Gasteiger partial charge on any atom is 0.167 e. The second-order valence-corrected chi connectivity index (χ2v) is 6.57. The maximum absolute atomic E-state index is 12.5. The summed E-state index contributed by atoms with van der Waals surface area (Å²) in [4.78, 5) is 14.9. The van der Waals surface area contributed by atoms with Gasteiger partial charge in [-0.2, -0.15) is 0 Å². The zero-order valence-electron chi connectivity index (χ0n) is 12.2. The van der Waals surface area contributed by atoms with Gasteiger partial charge in [0.05, 0.1) is 13.7 Å². The molecule has 2 atom stereocenters. The van der Waals surface area contributed by atoms with E-state index in [-0.39, 0.29) is 11.9 Å². The van der Waals surface area contributed by atoms with Gasteiger partial charge in [0.25, 0.3) is 0 Å². The predicted molar refractivity (Wildman–Crippen MR) is 83.7 cm³/mol. The number of ether oxygens (including phenoxy) is 2. The minimum Gasteiger partial charge on any atom is -0.497 e. The molecule has 2 fully saturated rings. The fourth-order valence-electron chi connectivity index (χ4n) is 3.13. The van der Waals surface area contributed by atoms with Crippen LogP contribution >= 0.6 is 15.9 Å². The Bertz CT molecular complexity index is 534. The molecule has 0 spiro atoms. The average molecular weight is 354 g/mol. The first-order valence-corrected chi connectivity index (χ1v) is 8.17. The van der Waals surface area contributed by atoms with E-state index in [1.54, 1.807) is 7.11 Å². The Kier molecular flexibility index (Phi) is 4.62. The molecule has 4 nitrogen and oxygen atoms in total. The molecule has 2 heterocycles. The van der Waals surface area contributed by atoms with Crippen LogP contribution < -0.4 is 4.74 Å². The van der Waals surface area contributed by atoms with Crippen LogP contribution in [-0.4, -0.2) is 49.6 Å². The first-order valence-electron chi connectivity index (χ1n) is 7.38. The van der Waals surface area contributed by atoms with Gasteiger partial charge >= 0.3 is 0 Å². The van der Waals surface area contributed by atoms with Gasteiger partial charge in [-0.1, -0.05) is 15.9 Å². The number of halogens is 1. The van der Waals surface area contributed by atoms with Crippen molar-refractivity contribution in [1.29, 1.82) is 0 Å². The van der Waals surface area contributed by atoms with Gasteiger partial charge in [0.15, 0.2) is 5.78 Å². The number of hydrogen-bond acceptors (Lipinski definition) is 4. The number of morpholine rings is 1. The Hall–Kier alpha value is -0.910. The Morgan fingerprint density at radius 3 is 3.19 bits per heavy atom. The third kappa shape index (κ3) is 3.30. The van der Waals surface area contributed by atoms with Gasteiger partial charge in [0.2, 0.25) is 0 Å². The van der Waals surface area contributed by atoms with E-state index in [1.165, 1.54) is 12.8 Å². The minimum absolute atomic E-state index is 0.148. The Labute approximate surface area is 133 Å². The van der Waals surface area contributed by atoms with Crippen molar-refractivity contribution in [3.63, 3.8) is 0 Å². The highest BCUT2D eigenvalue weighted by molar-refractivity contribution is 9.10. The molecule has 2 aliphatic rings. The summed E-state index contributed by atoms with van der Waals surface area (Å²) >= 11 is 3.50. The SMILES string of the molecule is COc1ccc(Br)c(CC(=O)C2CN3CCCC3CO2)c1. The number of carbonyl (C=O) groups is 1. The lowest BCUT2D eigenvalue weighted by molar-refractivity contribution is -0.137. The topological polar surface area (TPSA) is 38.8 Å². The van der Waals surface area contributed by atoms with Crippen LogP contribution in [0.4, 0.5) is 0 Å². The quantitative estimate of drug-likeness (QED) is 0.833. The van der Waals surface area contributed by atoms with Crippen molar-refractivity contribution in [1.82, 2.24) is 4.90 Å². The highest BCUT2D eigenvalue weighted by Gasteiger charge is 2.35. The zero-order chi connectivity index (χ0) is 14.8. The van der Waals surface area contributed by atoms with Gasteiger partial charge in [-0.25, -0.2) is 0 Å². The second-order valence-electron chi connectivity index (χ2n) is 5.71. The summed E-state index contributed by atoms with van der Waals surface area (Å²) in [6, 6.07) is 6.23. The zero-order valence-corrected chi connectivity index (χ0v) is 13.8. The van der Waals surface area contributed by atoms with Crippen LogP contribution in [0.15, 0.2) is 22.7 Å². The monoisotopic (exact) mass is 353 g/mol. The number of methoxy groups -OCH3 is 1. The van der Waals surface area contributed by atoms with E-state index in [0.29, 0.717) is 19.1 Å². The number of carbonyl (C=O) groups excluding carboxylic acids is 1. The van der Waals surface area contributed by atoms with Crippen LogP contribution in [0.3, 0.4) is 0 Å². The maximum atomic E-state index is 12.5. The molecule has 1 aromatic carbocycles. The molecule has 2 saturated heterocycles. The average Bonchev–Trinajstić information content (AvgIpc) is 2.96.